The molecule has 1 aliphatic rings. The SMILES string of the molecule is CN(CCc1cccs1)C1(CN)CCCC(C)(C)CC1. The molecule has 0 aromatic carbocycles. The van der Waals surface area contributed by atoms with E-state index >= 15 is 0 Å². The number of nitrogens with two attached hydrogens (primary N) is 1. The van der Waals surface area contributed by atoms with Crippen LogP contribution in [0.1, 0.15) is 50.8 Å². The summed E-state index contributed by atoms with van der Waals surface area (Å²) in [5.41, 5.74) is 6.93. The predicted molar refractivity (Wildman–Crippen MR) is 89.3 cm³/mol. The lowest BCUT2D eigenvalue weighted by Gasteiger charge is -2.41. The van der Waals surface area contributed by atoms with Crippen LogP contribution >= 0.6 is 11.3 Å². The quantitative estimate of drug-likeness (QED) is 0.834. The van der Waals surface area contributed by atoms with Crippen molar-refractivity contribution in [2.75, 3.05) is 20.1 Å². The molecule has 0 amide bonds. The highest BCUT2D eigenvalue weighted by Crippen LogP contribution is 2.40. The van der Waals surface area contributed by atoms with E-state index < -0.39 is 0 Å². The number of likely N-dealkylation sites (N-methyl/N-ethyl adjacent to an activating group) is 1. The predicted octanol–water partition coefficient (Wildman–Crippen LogP) is 3.91. The second-order valence-electron chi connectivity index (χ2n) is 7.20. The maximum absolute atomic E-state index is 6.21. The standard InChI is InChI=1S/C17H30N2S/c1-16(2)8-5-9-17(14-18,11-10-16)19(3)12-7-15-6-4-13-20-15/h4,6,13H,5,7-12,14,18H2,1-3H3. The molecule has 2 N–H and O–H groups in total. The van der Waals surface area contributed by atoms with Gasteiger partial charge in [0.1, 0.15) is 0 Å². The third kappa shape index (κ3) is 3.84. The lowest BCUT2D eigenvalue weighted by molar-refractivity contribution is 0.105. The van der Waals surface area contributed by atoms with Gasteiger partial charge in [-0.15, -0.1) is 11.3 Å². The maximum Gasteiger partial charge on any atom is 0.0329 e. The van der Waals surface area contributed by atoms with Crippen molar-refractivity contribution < 1.29 is 0 Å². The van der Waals surface area contributed by atoms with E-state index in [1.165, 1.54) is 37.0 Å². The Hall–Kier alpha value is -0.380. The second kappa shape index (κ2) is 6.59. The molecule has 1 unspecified atom stereocenters. The molecule has 1 heterocycles. The number of hydrogen-bond donors (Lipinski definition) is 1. The van der Waals surface area contributed by atoms with Crippen LogP contribution in [0.3, 0.4) is 0 Å². The monoisotopic (exact) mass is 294 g/mol. The van der Waals surface area contributed by atoms with Crippen LogP contribution in [0, 0.1) is 5.41 Å². The molecule has 1 aliphatic carbocycles. The summed E-state index contributed by atoms with van der Waals surface area (Å²) in [4.78, 5) is 4.03. The molecule has 0 bridgehead atoms. The number of thiophene rings is 1. The van der Waals surface area contributed by atoms with Crippen LogP contribution in [0.2, 0.25) is 0 Å². The third-order valence-electron chi connectivity index (χ3n) is 5.23. The van der Waals surface area contributed by atoms with Gasteiger partial charge in [0, 0.05) is 23.5 Å². The second-order valence-corrected chi connectivity index (χ2v) is 8.23. The van der Waals surface area contributed by atoms with Gasteiger partial charge >= 0.3 is 0 Å². The van der Waals surface area contributed by atoms with Gasteiger partial charge in [0.2, 0.25) is 0 Å². The Balaban J connectivity index is 1.98. The fourth-order valence-corrected chi connectivity index (χ4v) is 4.13. The normalized spacial score (nSPS) is 26.6. The molecule has 20 heavy (non-hydrogen) atoms. The van der Waals surface area contributed by atoms with E-state index in [-0.39, 0.29) is 5.54 Å². The lowest BCUT2D eigenvalue weighted by atomic mass is 9.83. The van der Waals surface area contributed by atoms with Gasteiger partial charge in [-0.05, 0) is 56.0 Å². The summed E-state index contributed by atoms with van der Waals surface area (Å²) in [7, 11) is 2.28. The highest BCUT2D eigenvalue weighted by Gasteiger charge is 2.37. The minimum absolute atomic E-state index is 0.227. The van der Waals surface area contributed by atoms with Crippen molar-refractivity contribution in [3.63, 3.8) is 0 Å². The molecule has 2 nitrogen and oxygen atoms in total. The number of hydrogen-bond acceptors (Lipinski definition) is 3. The molecule has 1 fully saturated rings. The summed E-state index contributed by atoms with van der Waals surface area (Å²) < 4.78 is 0. The molecule has 0 spiro atoms. The molecule has 1 aromatic rings. The summed E-state index contributed by atoms with van der Waals surface area (Å²) in [5.74, 6) is 0. The van der Waals surface area contributed by atoms with E-state index in [9.17, 15) is 0 Å². The third-order valence-corrected chi connectivity index (χ3v) is 6.16. The van der Waals surface area contributed by atoms with Crippen LogP contribution in [0.5, 0.6) is 0 Å². The first-order chi connectivity index (χ1) is 9.47. The van der Waals surface area contributed by atoms with Gasteiger partial charge in [0.25, 0.3) is 0 Å². The van der Waals surface area contributed by atoms with E-state index in [1.807, 2.05) is 11.3 Å². The molecule has 0 radical (unpaired) electrons. The summed E-state index contributed by atoms with van der Waals surface area (Å²) in [5, 5.41) is 2.17. The van der Waals surface area contributed by atoms with Crippen molar-refractivity contribution in [2.24, 2.45) is 11.1 Å². The van der Waals surface area contributed by atoms with E-state index in [4.69, 9.17) is 5.73 Å². The van der Waals surface area contributed by atoms with Crippen molar-refractivity contribution in [3.05, 3.63) is 22.4 Å². The van der Waals surface area contributed by atoms with Gasteiger partial charge in [-0.2, -0.15) is 0 Å². The van der Waals surface area contributed by atoms with Crippen LogP contribution in [0.15, 0.2) is 17.5 Å². The maximum atomic E-state index is 6.21. The highest BCUT2D eigenvalue weighted by molar-refractivity contribution is 7.09. The molecule has 3 heteroatoms. The molecule has 1 atom stereocenters. The van der Waals surface area contributed by atoms with Gasteiger partial charge in [-0.1, -0.05) is 26.3 Å². The Morgan fingerprint density at radius 1 is 1.25 bits per heavy atom. The van der Waals surface area contributed by atoms with E-state index in [1.54, 1.807) is 0 Å². The molecular weight excluding hydrogens is 264 g/mol. The zero-order valence-electron chi connectivity index (χ0n) is 13.3. The topological polar surface area (TPSA) is 29.3 Å². The molecule has 1 saturated carbocycles. The molecule has 114 valence electrons. The van der Waals surface area contributed by atoms with E-state index in [0.717, 1.165) is 19.5 Å². The van der Waals surface area contributed by atoms with Crippen molar-refractivity contribution in [1.29, 1.82) is 0 Å². The Labute approximate surface area is 128 Å². The zero-order chi connectivity index (χ0) is 14.6. The van der Waals surface area contributed by atoms with Crippen molar-refractivity contribution in [2.45, 2.75) is 57.9 Å². The van der Waals surface area contributed by atoms with E-state index in [0.29, 0.717) is 5.41 Å². The summed E-state index contributed by atoms with van der Waals surface area (Å²) in [6, 6.07) is 4.39. The van der Waals surface area contributed by atoms with Crippen LogP contribution in [-0.2, 0) is 6.42 Å². The lowest BCUT2D eigenvalue weighted by Crippen LogP contribution is -2.52. The highest BCUT2D eigenvalue weighted by atomic mass is 32.1. The molecule has 0 aliphatic heterocycles. The summed E-state index contributed by atoms with van der Waals surface area (Å²) in [6.07, 6.45) is 7.61. The number of rotatable bonds is 5. The average molecular weight is 295 g/mol. The van der Waals surface area contributed by atoms with Crippen molar-refractivity contribution in [3.8, 4) is 0 Å². The van der Waals surface area contributed by atoms with Crippen LogP contribution in [-0.4, -0.2) is 30.6 Å². The first kappa shape index (κ1) is 16.0. The molecule has 2 rings (SSSR count). The largest absolute Gasteiger partial charge is 0.329 e. The first-order valence-electron chi connectivity index (χ1n) is 7.91. The summed E-state index contributed by atoms with van der Waals surface area (Å²) in [6.45, 7) is 6.73. The minimum atomic E-state index is 0.227. The Morgan fingerprint density at radius 2 is 2.05 bits per heavy atom. The molecule has 1 aromatic heterocycles. The smallest absolute Gasteiger partial charge is 0.0329 e. The van der Waals surface area contributed by atoms with Crippen LogP contribution < -0.4 is 5.73 Å². The molecule has 0 saturated heterocycles. The van der Waals surface area contributed by atoms with Crippen LogP contribution in [0.4, 0.5) is 0 Å². The Kier molecular flexibility index (Phi) is 5.27. The van der Waals surface area contributed by atoms with Gasteiger partial charge in [-0.3, -0.25) is 4.90 Å². The summed E-state index contributed by atoms with van der Waals surface area (Å²) >= 11 is 1.86. The Morgan fingerprint density at radius 3 is 2.70 bits per heavy atom. The number of nitrogens with zero attached hydrogens (tertiary/aromatic N) is 1. The van der Waals surface area contributed by atoms with Crippen LogP contribution in [0.25, 0.3) is 0 Å². The van der Waals surface area contributed by atoms with Gasteiger partial charge in [0.15, 0.2) is 0 Å². The molecular formula is C17H30N2S. The zero-order valence-corrected chi connectivity index (χ0v) is 14.1. The van der Waals surface area contributed by atoms with Crippen molar-refractivity contribution >= 4 is 11.3 Å². The Bertz CT molecular complexity index is 399. The van der Waals surface area contributed by atoms with E-state index in [2.05, 4.69) is 43.3 Å². The fraction of sp³-hybridized carbons (Fsp3) is 0.765. The average Bonchev–Trinajstić information content (AvgIpc) is 2.87. The van der Waals surface area contributed by atoms with Gasteiger partial charge in [0.05, 0.1) is 0 Å². The van der Waals surface area contributed by atoms with Gasteiger partial charge in [-0.25, -0.2) is 0 Å². The van der Waals surface area contributed by atoms with Gasteiger partial charge < -0.3 is 5.73 Å². The minimum Gasteiger partial charge on any atom is -0.329 e. The van der Waals surface area contributed by atoms with Crippen molar-refractivity contribution in [1.82, 2.24) is 4.90 Å². The fourth-order valence-electron chi connectivity index (χ4n) is 3.43. The first-order valence-corrected chi connectivity index (χ1v) is 8.79.